The molecule has 126 valence electrons. The van der Waals surface area contributed by atoms with Gasteiger partial charge in [0.1, 0.15) is 0 Å². The lowest BCUT2D eigenvalue weighted by atomic mass is 10.1. The van der Waals surface area contributed by atoms with E-state index < -0.39 is 9.84 Å². The molecule has 0 aromatic carbocycles. The molecular weight excluding hydrogens is 316 g/mol. The number of nitrogens with zero attached hydrogens (tertiary/aromatic N) is 1. The fourth-order valence-electron chi connectivity index (χ4n) is 2.44. The first-order valence-corrected chi connectivity index (χ1v) is 8.98. The minimum atomic E-state index is -2.99. The van der Waals surface area contributed by atoms with Crippen LogP contribution in [-0.4, -0.2) is 63.1 Å². The van der Waals surface area contributed by atoms with Crippen molar-refractivity contribution >= 4 is 28.2 Å². The molecule has 1 amide bonds. The molecule has 21 heavy (non-hydrogen) atoms. The number of rotatable bonds is 8. The van der Waals surface area contributed by atoms with Gasteiger partial charge in [0.2, 0.25) is 5.91 Å². The van der Waals surface area contributed by atoms with Crippen LogP contribution in [0.15, 0.2) is 0 Å². The summed E-state index contributed by atoms with van der Waals surface area (Å²) in [7, 11) is -1.46. The van der Waals surface area contributed by atoms with Crippen LogP contribution in [0.1, 0.15) is 32.6 Å². The molecule has 1 saturated heterocycles. The van der Waals surface area contributed by atoms with Crippen molar-refractivity contribution in [3.63, 3.8) is 0 Å². The number of sulfone groups is 1. The molecule has 1 fully saturated rings. The molecule has 8 heteroatoms. The monoisotopic (exact) mass is 342 g/mol. The average Bonchev–Trinajstić information content (AvgIpc) is 2.76. The summed E-state index contributed by atoms with van der Waals surface area (Å²) in [6.07, 6.45) is 2.30. The van der Waals surface area contributed by atoms with Gasteiger partial charge in [0, 0.05) is 26.2 Å². The number of halogens is 1. The summed E-state index contributed by atoms with van der Waals surface area (Å²) in [5, 5.41) is 0. The number of hydrogen-bond acceptors (Lipinski definition) is 5. The van der Waals surface area contributed by atoms with Gasteiger partial charge in [-0.15, -0.1) is 12.4 Å². The first kappa shape index (κ1) is 20.6. The van der Waals surface area contributed by atoms with E-state index in [1.807, 2.05) is 6.92 Å². The maximum absolute atomic E-state index is 12.4. The molecule has 1 aliphatic rings. The van der Waals surface area contributed by atoms with Gasteiger partial charge in [0.15, 0.2) is 9.84 Å². The molecule has 2 unspecified atom stereocenters. The van der Waals surface area contributed by atoms with Gasteiger partial charge in [-0.25, -0.2) is 8.42 Å². The number of hydrogen-bond donors (Lipinski definition) is 1. The molecule has 6 nitrogen and oxygen atoms in total. The van der Waals surface area contributed by atoms with Crippen LogP contribution < -0.4 is 5.73 Å². The summed E-state index contributed by atoms with van der Waals surface area (Å²) in [6, 6.07) is -0.186. The van der Waals surface area contributed by atoms with Crippen molar-refractivity contribution in [2.75, 3.05) is 31.7 Å². The number of amides is 1. The number of methoxy groups -OCH3 is 1. The molecule has 0 spiro atoms. The van der Waals surface area contributed by atoms with Crippen LogP contribution >= 0.6 is 12.4 Å². The zero-order valence-electron chi connectivity index (χ0n) is 12.8. The molecule has 0 aromatic heterocycles. The van der Waals surface area contributed by atoms with E-state index in [-0.39, 0.29) is 54.9 Å². The van der Waals surface area contributed by atoms with Crippen molar-refractivity contribution in [3.05, 3.63) is 0 Å². The highest BCUT2D eigenvalue weighted by molar-refractivity contribution is 7.91. The van der Waals surface area contributed by atoms with E-state index in [4.69, 9.17) is 10.5 Å². The Bertz CT molecular complexity index is 412. The lowest BCUT2D eigenvalue weighted by Crippen LogP contribution is -2.43. The van der Waals surface area contributed by atoms with Crippen LogP contribution in [0.2, 0.25) is 0 Å². The topological polar surface area (TPSA) is 89.7 Å². The lowest BCUT2D eigenvalue weighted by molar-refractivity contribution is -0.135. The number of nitrogens with two attached hydrogens (primary N) is 1. The SMILES string of the molecule is CCCCN(C(=O)CC(CN)OC)C1CCS(=O)(=O)C1.Cl. The van der Waals surface area contributed by atoms with Crippen molar-refractivity contribution < 1.29 is 17.9 Å². The molecule has 0 aliphatic carbocycles. The maximum Gasteiger partial charge on any atom is 0.225 e. The summed E-state index contributed by atoms with van der Waals surface area (Å²) in [6.45, 7) is 2.94. The molecule has 0 saturated carbocycles. The highest BCUT2D eigenvalue weighted by atomic mass is 35.5. The van der Waals surface area contributed by atoms with Crippen LogP contribution in [0.4, 0.5) is 0 Å². The van der Waals surface area contributed by atoms with Crippen molar-refractivity contribution in [2.45, 2.75) is 44.8 Å². The molecule has 1 heterocycles. The van der Waals surface area contributed by atoms with E-state index >= 15 is 0 Å². The van der Waals surface area contributed by atoms with Crippen LogP contribution in [0, 0.1) is 0 Å². The van der Waals surface area contributed by atoms with Gasteiger partial charge >= 0.3 is 0 Å². The fourth-order valence-corrected chi connectivity index (χ4v) is 4.17. The van der Waals surface area contributed by atoms with E-state index in [0.29, 0.717) is 13.0 Å². The van der Waals surface area contributed by atoms with E-state index in [1.54, 1.807) is 4.90 Å². The Labute approximate surface area is 133 Å². The van der Waals surface area contributed by atoms with Crippen LogP contribution in [0.3, 0.4) is 0 Å². The predicted octanol–water partition coefficient (Wildman–Crippen LogP) is 0.588. The first-order chi connectivity index (χ1) is 9.43. The van der Waals surface area contributed by atoms with Crippen molar-refractivity contribution in [3.8, 4) is 0 Å². The molecule has 2 N–H and O–H groups in total. The van der Waals surface area contributed by atoms with E-state index in [1.165, 1.54) is 7.11 Å². The van der Waals surface area contributed by atoms with Gasteiger partial charge < -0.3 is 15.4 Å². The fraction of sp³-hybridized carbons (Fsp3) is 0.923. The van der Waals surface area contributed by atoms with E-state index in [2.05, 4.69) is 0 Å². The van der Waals surface area contributed by atoms with Gasteiger partial charge in [-0.1, -0.05) is 13.3 Å². The van der Waals surface area contributed by atoms with Crippen LogP contribution in [-0.2, 0) is 19.4 Å². The van der Waals surface area contributed by atoms with Gasteiger partial charge in [-0.3, -0.25) is 4.79 Å². The van der Waals surface area contributed by atoms with Gasteiger partial charge in [0.25, 0.3) is 0 Å². The minimum Gasteiger partial charge on any atom is -0.380 e. The quantitative estimate of drug-likeness (QED) is 0.697. The Morgan fingerprint density at radius 1 is 1.48 bits per heavy atom. The molecule has 0 aromatic rings. The van der Waals surface area contributed by atoms with Crippen LogP contribution in [0.25, 0.3) is 0 Å². The smallest absolute Gasteiger partial charge is 0.225 e. The normalized spacial score (nSPS) is 21.6. The second kappa shape index (κ2) is 9.61. The third-order valence-corrected chi connectivity index (χ3v) is 5.47. The zero-order valence-corrected chi connectivity index (χ0v) is 14.4. The summed E-state index contributed by atoms with van der Waals surface area (Å²) in [4.78, 5) is 14.1. The van der Waals surface area contributed by atoms with Crippen LogP contribution in [0.5, 0.6) is 0 Å². The number of carbonyl (C=O) groups is 1. The third-order valence-electron chi connectivity index (χ3n) is 3.72. The molecule has 0 radical (unpaired) electrons. The Kier molecular flexibility index (Phi) is 9.44. The van der Waals surface area contributed by atoms with Crippen molar-refractivity contribution in [2.24, 2.45) is 5.73 Å². The number of unbranched alkanes of at least 4 members (excludes halogenated alkanes) is 1. The largest absolute Gasteiger partial charge is 0.380 e. The first-order valence-electron chi connectivity index (χ1n) is 7.16. The van der Waals surface area contributed by atoms with Gasteiger partial charge in [-0.2, -0.15) is 0 Å². The summed E-state index contributed by atoms with van der Waals surface area (Å²) < 4.78 is 28.3. The highest BCUT2D eigenvalue weighted by Gasteiger charge is 2.34. The second-order valence-corrected chi connectivity index (χ2v) is 7.52. The van der Waals surface area contributed by atoms with E-state index in [0.717, 1.165) is 12.8 Å². The molecule has 0 bridgehead atoms. The number of carbonyl (C=O) groups excluding carboxylic acids is 1. The Balaban J connectivity index is 0.00000400. The standard InChI is InChI=1S/C13H26N2O4S.ClH/c1-3-4-6-15(11-5-7-20(17,18)10-11)13(16)8-12(9-14)19-2;/h11-12H,3-10,14H2,1-2H3;1H. The van der Waals surface area contributed by atoms with Gasteiger partial charge in [-0.05, 0) is 12.8 Å². The Morgan fingerprint density at radius 2 is 2.14 bits per heavy atom. The number of ether oxygens (including phenoxy) is 1. The minimum absolute atomic E-state index is 0. The third kappa shape index (κ3) is 6.50. The molecule has 2 atom stereocenters. The van der Waals surface area contributed by atoms with Crippen molar-refractivity contribution in [1.82, 2.24) is 4.90 Å². The Hall–Kier alpha value is -0.370. The molecule has 1 rings (SSSR count). The Morgan fingerprint density at radius 3 is 2.57 bits per heavy atom. The summed E-state index contributed by atoms with van der Waals surface area (Å²) in [5.74, 6) is 0.207. The van der Waals surface area contributed by atoms with Crippen molar-refractivity contribution in [1.29, 1.82) is 0 Å². The summed E-state index contributed by atoms with van der Waals surface area (Å²) >= 11 is 0. The predicted molar refractivity (Wildman–Crippen MR) is 85.4 cm³/mol. The zero-order chi connectivity index (χ0) is 15.2. The second-order valence-electron chi connectivity index (χ2n) is 5.30. The highest BCUT2D eigenvalue weighted by Crippen LogP contribution is 2.20. The summed E-state index contributed by atoms with van der Waals surface area (Å²) in [5.41, 5.74) is 5.54. The average molecular weight is 343 g/mol. The molecular formula is C13H27ClN2O4S. The van der Waals surface area contributed by atoms with Gasteiger partial charge in [0.05, 0.1) is 24.0 Å². The molecule has 1 aliphatic heterocycles. The van der Waals surface area contributed by atoms with E-state index in [9.17, 15) is 13.2 Å². The lowest BCUT2D eigenvalue weighted by Gasteiger charge is -2.29. The maximum atomic E-state index is 12.4.